The van der Waals surface area contributed by atoms with Gasteiger partial charge in [0.15, 0.2) is 6.10 Å². The van der Waals surface area contributed by atoms with Crippen molar-refractivity contribution >= 4 is 18.0 Å². The lowest BCUT2D eigenvalue weighted by Gasteiger charge is -2.10. The molecule has 1 aromatic carbocycles. The minimum atomic E-state index is -1.21. The molecule has 1 aliphatic heterocycles. The number of aromatic carboxylic acids is 1. The van der Waals surface area contributed by atoms with Crippen LogP contribution in [-0.4, -0.2) is 42.4 Å². The molecule has 1 aliphatic rings. The number of carboxylic acid groups (broad SMARTS) is 1. The van der Waals surface area contributed by atoms with Gasteiger partial charge in [-0.05, 0) is 12.1 Å². The summed E-state index contributed by atoms with van der Waals surface area (Å²) < 4.78 is 9.71. The number of cyclic esters (lactones) is 1. The molecule has 0 unspecified atom stereocenters. The van der Waals surface area contributed by atoms with Gasteiger partial charge >= 0.3 is 18.0 Å². The largest absolute Gasteiger partial charge is 0.478 e. The Morgan fingerprint density at radius 3 is 2.63 bits per heavy atom. The third kappa shape index (κ3) is 3.01. The van der Waals surface area contributed by atoms with E-state index in [9.17, 15) is 14.4 Å². The van der Waals surface area contributed by atoms with Gasteiger partial charge in [-0.3, -0.25) is 0 Å². The zero-order valence-electron chi connectivity index (χ0n) is 9.79. The van der Waals surface area contributed by atoms with Gasteiger partial charge in [-0.15, -0.1) is 0 Å². The number of ether oxygens (including phenoxy) is 2. The Kier molecular flexibility index (Phi) is 3.65. The molecule has 2 rings (SSSR count). The maximum atomic E-state index is 11.8. The summed E-state index contributed by atoms with van der Waals surface area (Å²) in [7, 11) is 0. The molecule has 1 atom stereocenters. The van der Waals surface area contributed by atoms with Gasteiger partial charge in [0, 0.05) is 0 Å². The molecule has 0 aliphatic carbocycles. The lowest BCUT2D eigenvalue weighted by molar-refractivity contribution is 0.0296. The second-order valence-electron chi connectivity index (χ2n) is 3.86. The molecule has 0 saturated carbocycles. The van der Waals surface area contributed by atoms with Crippen molar-refractivity contribution in [2.75, 3.05) is 13.2 Å². The minimum Gasteiger partial charge on any atom is -0.478 e. The Balaban J connectivity index is 2.00. The predicted octanol–water partition coefficient (Wildman–Crippen LogP) is 0.650. The molecule has 1 aromatic rings. The van der Waals surface area contributed by atoms with E-state index in [0.717, 1.165) is 0 Å². The van der Waals surface area contributed by atoms with Crippen molar-refractivity contribution in [1.82, 2.24) is 5.32 Å². The summed E-state index contributed by atoms with van der Waals surface area (Å²) in [4.78, 5) is 33.5. The zero-order valence-corrected chi connectivity index (χ0v) is 9.79. The van der Waals surface area contributed by atoms with E-state index in [1.165, 1.54) is 18.2 Å². The number of hydrogen-bond donors (Lipinski definition) is 2. The number of alkyl carbamates (subject to hydrolysis) is 1. The first-order valence-corrected chi connectivity index (χ1v) is 5.52. The second-order valence-corrected chi connectivity index (χ2v) is 3.86. The third-order valence-electron chi connectivity index (χ3n) is 2.53. The molecule has 1 amide bonds. The van der Waals surface area contributed by atoms with Crippen molar-refractivity contribution < 1.29 is 29.0 Å². The monoisotopic (exact) mass is 265 g/mol. The zero-order chi connectivity index (χ0) is 13.8. The van der Waals surface area contributed by atoms with Crippen LogP contribution in [0.25, 0.3) is 0 Å². The normalized spacial score (nSPS) is 17.5. The van der Waals surface area contributed by atoms with Crippen LogP contribution in [0.5, 0.6) is 0 Å². The first kappa shape index (κ1) is 12.9. The summed E-state index contributed by atoms with van der Waals surface area (Å²) in [6, 6.07) is 5.74. The van der Waals surface area contributed by atoms with E-state index in [1.807, 2.05) is 0 Å². The number of carbonyl (C=O) groups excluding carboxylic acids is 2. The Hall–Kier alpha value is -2.57. The lowest BCUT2D eigenvalue weighted by atomic mass is 10.1. The average molecular weight is 265 g/mol. The van der Waals surface area contributed by atoms with Crippen LogP contribution < -0.4 is 5.32 Å². The Morgan fingerprint density at radius 1 is 1.37 bits per heavy atom. The third-order valence-corrected chi connectivity index (χ3v) is 2.53. The minimum absolute atomic E-state index is 0.0349. The number of nitrogens with one attached hydrogen (secondary N) is 1. The van der Waals surface area contributed by atoms with Gasteiger partial charge in [-0.2, -0.15) is 0 Å². The fraction of sp³-hybridized carbons (Fsp3) is 0.250. The van der Waals surface area contributed by atoms with Crippen molar-refractivity contribution in [3.63, 3.8) is 0 Å². The molecule has 0 radical (unpaired) electrons. The van der Waals surface area contributed by atoms with E-state index < -0.39 is 24.1 Å². The average Bonchev–Trinajstić information content (AvgIpc) is 2.81. The quantitative estimate of drug-likeness (QED) is 0.775. The number of carboxylic acids is 1. The second kappa shape index (κ2) is 5.38. The van der Waals surface area contributed by atoms with Crippen molar-refractivity contribution in [2.24, 2.45) is 0 Å². The van der Waals surface area contributed by atoms with Gasteiger partial charge in [0.2, 0.25) is 0 Å². The van der Waals surface area contributed by atoms with Gasteiger partial charge in [0.25, 0.3) is 0 Å². The highest BCUT2D eigenvalue weighted by molar-refractivity contribution is 6.02. The highest BCUT2D eigenvalue weighted by Gasteiger charge is 2.25. The van der Waals surface area contributed by atoms with Gasteiger partial charge < -0.3 is 19.9 Å². The first-order valence-electron chi connectivity index (χ1n) is 5.52. The van der Waals surface area contributed by atoms with E-state index in [4.69, 9.17) is 14.6 Å². The summed E-state index contributed by atoms with van der Waals surface area (Å²) in [5.74, 6) is -1.97. The standard InChI is InChI=1S/C12H11NO6/c14-10(15)8-3-1-2-4-9(8)11(16)18-6-7-5-13-12(17)19-7/h1-4,7H,5-6H2,(H,13,17)(H,14,15)/t7-/m0/s1. The Morgan fingerprint density at radius 2 is 2.05 bits per heavy atom. The summed E-state index contributed by atoms with van der Waals surface area (Å²) in [5.41, 5.74) is -0.165. The van der Waals surface area contributed by atoms with Gasteiger partial charge in [-0.1, -0.05) is 12.1 Å². The van der Waals surface area contributed by atoms with Crippen LogP contribution in [0.1, 0.15) is 20.7 Å². The maximum absolute atomic E-state index is 11.8. The van der Waals surface area contributed by atoms with E-state index in [0.29, 0.717) is 0 Å². The first-order chi connectivity index (χ1) is 9.08. The molecule has 0 spiro atoms. The molecule has 7 heteroatoms. The molecule has 1 fully saturated rings. The van der Waals surface area contributed by atoms with Crippen LogP contribution in [-0.2, 0) is 9.47 Å². The van der Waals surface area contributed by atoms with E-state index in [2.05, 4.69) is 5.32 Å². The molecule has 19 heavy (non-hydrogen) atoms. The Bertz CT molecular complexity index is 527. The van der Waals surface area contributed by atoms with Crippen molar-refractivity contribution in [3.8, 4) is 0 Å². The number of carbonyl (C=O) groups is 3. The van der Waals surface area contributed by atoms with Gasteiger partial charge in [0.1, 0.15) is 6.61 Å². The van der Waals surface area contributed by atoms with Crippen LogP contribution in [0.4, 0.5) is 4.79 Å². The number of rotatable bonds is 4. The van der Waals surface area contributed by atoms with Gasteiger partial charge in [0.05, 0.1) is 17.7 Å². The highest BCUT2D eigenvalue weighted by Crippen LogP contribution is 2.11. The maximum Gasteiger partial charge on any atom is 0.407 e. The van der Waals surface area contributed by atoms with Crippen LogP contribution >= 0.6 is 0 Å². The summed E-state index contributed by atoms with van der Waals surface area (Å²) in [6.07, 6.45) is -1.11. The van der Waals surface area contributed by atoms with Crippen LogP contribution in [0, 0.1) is 0 Å². The summed E-state index contributed by atoms with van der Waals surface area (Å²) in [6.45, 7) is 0.137. The molecule has 7 nitrogen and oxygen atoms in total. The molecule has 0 bridgehead atoms. The highest BCUT2D eigenvalue weighted by atomic mass is 16.6. The molecule has 0 aromatic heterocycles. The van der Waals surface area contributed by atoms with E-state index in [-0.39, 0.29) is 24.3 Å². The molecule has 1 saturated heterocycles. The van der Waals surface area contributed by atoms with E-state index >= 15 is 0 Å². The van der Waals surface area contributed by atoms with Crippen LogP contribution in [0.2, 0.25) is 0 Å². The topological polar surface area (TPSA) is 102 Å². The predicted molar refractivity (Wildman–Crippen MR) is 62.0 cm³/mol. The number of amides is 1. The summed E-state index contributed by atoms with van der Waals surface area (Å²) >= 11 is 0. The smallest absolute Gasteiger partial charge is 0.407 e. The fourth-order valence-corrected chi connectivity index (χ4v) is 1.62. The number of benzene rings is 1. The molecule has 2 N–H and O–H groups in total. The number of hydrogen-bond acceptors (Lipinski definition) is 5. The van der Waals surface area contributed by atoms with E-state index in [1.54, 1.807) is 6.07 Å². The Labute approximate surface area is 108 Å². The molecular formula is C12H11NO6. The molecule has 1 heterocycles. The van der Waals surface area contributed by atoms with Crippen molar-refractivity contribution in [1.29, 1.82) is 0 Å². The van der Waals surface area contributed by atoms with Crippen molar-refractivity contribution in [2.45, 2.75) is 6.10 Å². The lowest BCUT2D eigenvalue weighted by Crippen LogP contribution is -2.23. The fourth-order valence-electron chi connectivity index (χ4n) is 1.62. The molecular weight excluding hydrogens is 254 g/mol. The number of esters is 1. The molecule has 100 valence electrons. The van der Waals surface area contributed by atoms with Crippen molar-refractivity contribution in [3.05, 3.63) is 35.4 Å². The SMILES string of the molecule is O=C1NC[C@@H](COC(=O)c2ccccc2C(=O)O)O1. The van der Waals surface area contributed by atoms with Crippen LogP contribution in [0.3, 0.4) is 0 Å². The van der Waals surface area contributed by atoms with Gasteiger partial charge in [-0.25, -0.2) is 14.4 Å². The van der Waals surface area contributed by atoms with Crippen LogP contribution in [0.15, 0.2) is 24.3 Å². The summed E-state index contributed by atoms with van der Waals surface area (Å²) in [5, 5.41) is 11.4.